The van der Waals surface area contributed by atoms with Crippen LogP contribution in [0.15, 0.2) is 59.5 Å². The van der Waals surface area contributed by atoms with E-state index in [0.29, 0.717) is 12.2 Å². The molecule has 0 atom stereocenters. The molecule has 0 saturated carbocycles. The Balaban J connectivity index is 1.72. The molecule has 0 aliphatic carbocycles. The van der Waals surface area contributed by atoms with E-state index in [4.69, 9.17) is 9.47 Å². The van der Waals surface area contributed by atoms with Crippen molar-refractivity contribution in [3.8, 4) is 11.4 Å². The standard InChI is InChI=1S/C24H25NO6S/c1-5-30-20-10-8-19(9-11-20)25-16(2)14-22(17(25)3)23(26)15-31-24(27)18-6-12-21(13-7-18)32(4,28)29/h6-14H,5,15H2,1-4H3. The van der Waals surface area contributed by atoms with Crippen LogP contribution in [-0.4, -0.2) is 44.2 Å². The minimum absolute atomic E-state index is 0.104. The number of aryl methyl sites for hydroxylation is 1. The van der Waals surface area contributed by atoms with Crippen LogP contribution in [0.25, 0.3) is 5.69 Å². The van der Waals surface area contributed by atoms with Crippen LogP contribution in [0, 0.1) is 13.8 Å². The van der Waals surface area contributed by atoms with Gasteiger partial charge in [0.15, 0.2) is 16.4 Å². The first kappa shape index (κ1) is 23.3. The molecule has 2 aromatic carbocycles. The number of hydrogen-bond acceptors (Lipinski definition) is 6. The highest BCUT2D eigenvalue weighted by Crippen LogP contribution is 2.23. The maximum atomic E-state index is 12.7. The monoisotopic (exact) mass is 455 g/mol. The van der Waals surface area contributed by atoms with Crippen LogP contribution in [0.5, 0.6) is 5.75 Å². The Morgan fingerprint density at radius 1 is 0.969 bits per heavy atom. The molecule has 0 aliphatic rings. The summed E-state index contributed by atoms with van der Waals surface area (Å²) < 4.78 is 35.6. The van der Waals surface area contributed by atoms with Gasteiger partial charge in [-0.15, -0.1) is 0 Å². The Hall–Kier alpha value is -3.39. The molecule has 0 unspecified atom stereocenters. The number of sulfone groups is 1. The van der Waals surface area contributed by atoms with Crippen molar-refractivity contribution in [2.45, 2.75) is 25.7 Å². The van der Waals surface area contributed by atoms with Gasteiger partial charge >= 0.3 is 5.97 Å². The average Bonchev–Trinajstić information content (AvgIpc) is 3.06. The summed E-state index contributed by atoms with van der Waals surface area (Å²) in [4.78, 5) is 25.1. The molecule has 3 rings (SSSR count). The Kier molecular flexibility index (Phi) is 6.84. The number of hydrogen-bond donors (Lipinski definition) is 0. The van der Waals surface area contributed by atoms with E-state index in [2.05, 4.69) is 0 Å². The third-order valence-corrected chi connectivity index (χ3v) is 6.12. The van der Waals surface area contributed by atoms with E-state index < -0.39 is 22.4 Å². The largest absolute Gasteiger partial charge is 0.494 e. The Labute approximate surface area is 187 Å². The van der Waals surface area contributed by atoms with Crippen LogP contribution in [0.2, 0.25) is 0 Å². The number of esters is 1. The lowest BCUT2D eigenvalue weighted by atomic mass is 10.1. The minimum atomic E-state index is -3.36. The molecular formula is C24H25NO6S. The normalized spacial score (nSPS) is 11.2. The molecule has 0 amide bonds. The summed E-state index contributed by atoms with van der Waals surface area (Å²) >= 11 is 0. The first-order chi connectivity index (χ1) is 15.1. The van der Waals surface area contributed by atoms with Crippen LogP contribution in [0.1, 0.15) is 39.0 Å². The lowest BCUT2D eigenvalue weighted by Gasteiger charge is -2.11. The van der Waals surface area contributed by atoms with E-state index in [0.717, 1.165) is 29.1 Å². The fourth-order valence-corrected chi connectivity index (χ4v) is 4.06. The molecule has 7 nitrogen and oxygen atoms in total. The molecule has 0 bridgehead atoms. The number of carbonyl (C=O) groups is 2. The van der Waals surface area contributed by atoms with Crippen molar-refractivity contribution in [3.05, 3.63) is 77.1 Å². The summed E-state index contributed by atoms with van der Waals surface area (Å²) in [7, 11) is -3.36. The molecule has 0 saturated heterocycles. The van der Waals surface area contributed by atoms with E-state index in [1.807, 2.05) is 49.6 Å². The van der Waals surface area contributed by atoms with Gasteiger partial charge in [-0.1, -0.05) is 0 Å². The first-order valence-corrected chi connectivity index (χ1v) is 11.9. The number of aromatic nitrogens is 1. The van der Waals surface area contributed by atoms with Gasteiger partial charge in [0.05, 0.1) is 17.1 Å². The second kappa shape index (κ2) is 9.40. The second-order valence-corrected chi connectivity index (χ2v) is 9.36. The summed E-state index contributed by atoms with van der Waals surface area (Å²) in [6.07, 6.45) is 1.09. The molecule has 1 heterocycles. The number of carbonyl (C=O) groups excluding carboxylic acids is 2. The highest BCUT2D eigenvalue weighted by molar-refractivity contribution is 7.90. The highest BCUT2D eigenvalue weighted by atomic mass is 32.2. The van der Waals surface area contributed by atoms with Gasteiger partial charge in [-0.2, -0.15) is 0 Å². The quantitative estimate of drug-likeness (QED) is 0.377. The smallest absolute Gasteiger partial charge is 0.338 e. The molecule has 32 heavy (non-hydrogen) atoms. The van der Waals surface area contributed by atoms with Gasteiger partial charge in [-0.05, 0) is 75.4 Å². The third-order valence-electron chi connectivity index (χ3n) is 4.99. The average molecular weight is 456 g/mol. The Bertz CT molecular complexity index is 1240. The predicted octanol–water partition coefficient (Wildman–Crippen LogP) is 3.94. The molecule has 0 fully saturated rings. The number of ether oxygens (including phenoxy) is 2. The van der Waals surface area contributed by atoms with Crippen molar-refractivity contribution in [2.24, 2.45) is 0 Å². The Morgan fingerprint density at radius 3 is 2.16 bits per heavy atom. The van der Waals surface area contributed by atoms with Crippen LogP contribution < -0.4 is 4.74 Å². The summed E-state index contributed by atoms with van der Waals surface area (Å²) in [5.41, 5.74) is 3.15. The summed E-state index contributed by atoms with van der Waals surface area (Å²) in [5.74, 6) is -0.249. The molecule has 3 aromatic rings. The summed E-state index contributed by atoms with van der Waals surface area (Å²) in [6, 6.07) is 14.7. The van der Waals surface area contributed by atoms with Gasteiger partial charge < -0.3 is 14.0 Å². The number of nitrogens with zero attached hydrogens (tertiary/aromatic N) is 1. The van der Waals surface area contributed by atoms with E-state index >= 15 is 0 Å². The van der Waals surface area contributed by atoms with Crippen LogP contribution in [0.4, 0.5) is 0 Å². The van der Waals surface area contributed by atoms with Crippen molar-refractivity contribution >= 4 is 21.6 Å². The molecule has 0 spiro atoms. The van der Waals surface area contributed by atoms with Gasteiger partial charge in [0, 0.05) is 28.9 Å². The number of benzene rings is 2. The predicted molar refractivity (Wildman–Crippen MR) is 121 cm³/mol. The van der Waals surface area contributed by atoms with Crippen LogP contribution in [0.3, 0.4) is 0 Å². The van der Waals surface area contributed by atoms with E-state index in [-0.39, 0.29) is 16.2 Å². The second-order valence-electron chi connectivity index (χ2n) is 7.34. The fraction of sp³-hybridized carbons (Fsp3) is 0.250. The summed E-state index contributed by atoms with van der Waals surface area (Å²) in [6.45, 7) is 5.82. The van der Waals surface area contributed by atoms with Crippen molar-refractivity contribution in [2.75, 3.05) is 19.5 Å². The molecule has 168 valence electrons. The highest BCUT2D eigenvalue weighted by Gasteiger charge is 2.19. The van der Waals surface area contributed by atoms with Crippen LogP contribution in [-0.2, 0) is 14.6 Å². The van der Waals surface area contributed by atoms with Gasteiger partial charge in [0.2, 0.25) is 5.78 Å². The molecular weight excluding hydrogens is 430 g/mol. The maximum Gasteiger partial charge on any atom is 0.338 e. The number of rotatable bonds is 8. The zero-order valence-corrected chi connectivity index (χ0v) is 19.2. The van der Waals surface area contributed by atoms with Crippen molar-refractivity contribution < 1.29 is 27.5 Å². The Morgan fingerprint density at radius 2 is 1.59 bits per heavy atom. The molecule has 0 radical (unpaired) electrons. The lowest BCUT2D eigenvalue weighted by Crippen LogP contribution is -2.15. The number of Topliss-reactive ketones (excluding diaryl/α,β-unsaturated/α-hetero) is 1. The van der Waals surface area contributed by atoms with Crippen molar-refractivity contribution in [1.82, 2.24) is 4.57 Å². The molecule has 0 N–H and O–H groups in total. The topological polar surface area (TPSA) is 91.7 Å². The van der Waals surface area contributed by atoms with Crippen LogP contribution >= 0.6 is 0 Å². The fourth-order valence-electron chi connectivity index (χ4n) is 3.43. The van der Waals surface area contributed by atoms with E-state index in [1.54, 1.807) is 6.07 Å². The van der Waals surface area contributed by atoms with Crippen molar-refractivity contribution in [1.29, 1.82) is 0 Å². The lowest BCUT2D eigenvalue weighted by molar-refractivity contribution is 0.0474. The van der Waals surface area contributed by atoms with Gasteiger partial charge in [-0.25, -0.2) is 13.2 Å². The van der Waals surface area contributed by atoms with Crippen molar-refractivity contribution in [3.63, 3.8) is 0 Å². The van der Waals surface area contributed by atoms with E-state index in [9.17, 15) is 18.0 Å². The van der Waals surface area contributed by atoms with Gasteiger partial charge in [0.25, 0.3) is 0 Å². The van der Waals surface area contributed by atoms with E-state index in [1.165, 1.54) is 24.3 Å². The zero-order chi connectivity index (χ0) is 23.5. The SMILES string of the molecule is CCOc1ccc(-n2c(C)cc(C(=O)COC(=O)c3ccc(S(C)(=O)=O)cc3)c2C)cc1. The molecule has 1 aromatic heterocycles. The summed E-state index contributed by atoms with van der Waals surface area (Å²) in [5, 5.41) is 0. The molecule has 8 heteroatoms. The maximum absolute atomic E-state index is 12.7. The first-order valence-electron chi connectivity index (χ1n) is 10.0. The minimum Gasteiger partial charge on any atom is -0.494 e. The molecule has 0 aliphatic heterocycles. The van der Waals surface area contributed by atoms with Gasteiger partial charge in [-0.3, -0.25) is 4.79 Å². The zero-order valence-electron chi connectivity index (χ0n) is 18.4. The van der Waals surface area contributed by atoms with Gasteiger partial charge in [0.1, 0.15) is 5.75 Å². The third kappa shape index (κ3) is 5.08. The number of ketones is 1.